The number of nitrogens with one attached hydrogen (secondary N) is 5. The predicted octanol–water partition coefficient (Wildman–Crippen LogP) is 20.2. The van der Waals surface area contributed by atoms with Crippen molar-refractivity contribution in [3.8, 4) is 0 Å². The Bertz CT molecular complexity index is 2040. The fourth-order valence-electron chi connectivity index (χ4n) is 8.70. The second-order valence-electron chi connectivity index (χ2n) is 37.3. The molecule has 0 aromatic carbocycles. The molecule has 3 saturated heterocycles. The molecule has 608 valence electrons. The third-order valence-corrected chi connectivity index (χ3v) is 16.1. The number of carbonyl (C=O) groups excluding carboxylic acids is 1. The molecule has 5 aliphatic rings. The first kappa shape index (κ1) is 118. The minimum Gasteiger partial charge on any atom is -0.370 e. The summed E-state index contributed by atoms with van der Waals surface area (Å²) < 4.78 is 0. The minimum atomic E-state index is 0. The molecule has 15 nitrogen and oxygen atoms in total. The number of likely N-dealkylation sites (tertiary alicyclic amines) is 1. The first-order valence-electron chi connectivity index (χ1n) is 36.9. The van der Waals surface area contributed by atoms with Crippen molar-refractivity contribution < 1.29 is 4.79 Å². The second-order valence-corrected chi connectivity index (χ2v) is 37.3. The number of carbonyl (C=O) groups is 1. The van der Waals surface area contributed by atoms with Crippen LogP contribution < -0.4 is 31.5 Å². The third kappa shape index (κ3) is 69.4. The number of nitrogens with zero attached hydrogens (tertiary/aromatic N) is 9. The number of rotatable bonds is 9. The fraction of sp³-hybridized carbons (Fsp3) is 0.906. The average Bonchev–Trinajstić information content (AvgIpc) is 1.04. The molecular weight excluding hydrogens is 1230 g/mol. The average molecular weight is 1430 g/mol. The Labute approximate surface area is 632 Å². The first-order valence-corrected chi connectivity index (χ1v) is 36.9. The van der Waals surface area contributed by atoms with Crippen LogP contribution in [0.25, 0.3) is 0 Å². The molecule has 1 unspecified atom stereocenters. The van der Waals surface area contributed by atoms with Crippen LogP contribution in [0.4, 0.5) is 5.69 Å². The fourth-order valence-corrected chi connectivity index (χ4v) is 8.70. The van der Waals surface area contributed by atoms with Crippen molar-refractivity contribution in [2.45, 2.75) is 382 Å². The highest BCUT2D eigenvalue weighted by Gasteiger charge is 2.35. The Morgan fingerprint density at radius 3 is 1.27 bits per heavy atom. The molecule has 2 atom stereocenters. The molecule has 0 saturated carbocycles. The molecule has 0 aliphatic carbocycles. The smallest absolute Gasteiger partial charge is 0.197 e. The number of piperidine rings is 1. The standard InChI is InChI=1S/C11H21N3.C10H16N2.C10H19NO.C9H22N2.C9H19N.C7H14N2.C7H17N.C6H15N.C5H13N.C5H12.6CH4/c1-11(2,3)14-9-5-8-13-7-4-6-12-10(13)14;1-10(2,3)12(4)9-5-7-11-8-6-9;1-7(12)9-5-8(6-11-9)10(2,3)4;1-5-6-10-7-8-11-9(2,3)4;1-9(2,3)10-7-5-4-6-8-10;1-7(2,3)9-5-4-8-6-9;1-5-6-8-7(2,3)4;1-6(2,3)7(4)5;1-5(2,3)6-4;1-5(2,3)4;;;;;;/h4-9H2,1-3H3;5-8H,1-4H3;8-9,11H,5-6H2,1-4H3;10-11H,5-8H2,1-4H3;4-8H2,1-3H3;6H,4-5H2,1-3H3;8H,5-6H2,1-4H3;1-5H3;6H,1-4H3;1-4H3;6*1H4/t;;8?,9-;;;;;;;;;;;;;/m..0............./s1. The molecule has 15 heteroatoms. The van der Waals surface area contributed by atoms with E-state index in [4.69, 9.17) is 0 Å². The summed E-state index contributed by atoms with van der Waals surface area (Å²) in [7, 11) is 8.22. The van der Waals surface area contributed by atoms with Crippen LogP contribution >= 0.6 is 0 Å². The molecule has 3 fully saturated rings. The monoisotopic (exact) mass is 1430 g/mol. The number of guanidine groups is 1. The Balaban J connectivity index is -0.000000113. The zero-order valence-corrected chi connectivity index (χ0v) is 70.3. The molecule has 0 bridgehead atoms. The Morgan fingerprint density at radius 1 is 0.540 bits per heavy atom. The summed E-state index contributed by atoms with van der Waals surface area (Å²) in [5.74, 6) is 2.17. The van der Waals surface area contributed by atoms with Crippen molar-refractivity contribution in [1.29, 1.82) is 0 Å². The van der Waals surface area contributed by atoms with Crippen LogP contribution in [0.15, 0.2) is 34.5 Å². The van der Waals surface area contributed by atoms with Gasteiger partial charge in [0.15, 0.2) is 5.96 Å². The Hall–Kier alpha value is -2.92. The van der Waals surface area contributed by atoms with Gasteiger partial charge in [0.2, 0.25) is 0 Å². The summed E-state index contributed by atoms with van der Waals surface area (Å²) in [6.45, 7) is 89.1. The molecule has 5 N–H and O–H groups in total. The van der Waals surface area contributed by atoms with E-state index in [0.717, 1.165) is 58.8 Å². The maximum Gasteiger partial charge on any atom is 0.197 e. The Kier molecular flexibility index (Phi) is 66.7. The predicted molar refractivity (Wildman–Crippen MR) is 464 cm³/mol. The van der Waals surface area contributed by atoms with Gasteiger partial charge in [0.1, 0.15) is 5.78 Å². The van der Waals surface area contributed by atoms with Crippen LogP contribution in [0.2, 0.25) is 0 Å². The van der Waals surface area contributed by atoms with Gasteiger partial charge in [0.25, 0.3) is 0 Å². The zero-order chi connectivity index (χ0) is 74.4. The van der Waals surface area contributed by atoms with Crippen LogP contribution in [-0.4, -0.2) is 211 Å². The number of ketones is 1. The number of Topliss-reactive ketones (excluding diaryl/α,β-unsaturated/α-hetero) is 1. The second kappa shape index (κ2) is 56.4. The molecule has 0 radical (unpaired) electrons. The number of aliphatic imine (C=N–C) groups is 2. The van der Waals surface area contributed by atoms with Gasteiger partial charge in [0, 0.05) is 115 Å². The van der Waals surface area contributed by atoms with Gasteiger partial charge in [-0.1, -0.05) is 113 Å². The normalized spacial score (nSPS) is 16.8. The summed E-state index contributed by atoms with van der Waals surface area (Å²) in [6, 6.07) is 4.16. The van der Waals surface area contributed by atoms with Crippen molar-refractivity contribution >= 4 is 23.8 Å². The summed E-state index contributed by atoms with van der Waals surface area (Å²) in [4.78, 5) is 38.0. The molecule has 0 spiro atoms. The van der Waals surface area contributed by atoms with E-state index in [-0.39, 0.29) is 78.5 Å². The third-order valence-electron chi connectivity index (χ3n) is 16.1. The zero-order valence-electron chi connectivity index (χ0n) is 70.3. The number of fused-ring (bicyclic) bond motifs is 1. The van der Waals surface area contributed by atoms with Crippen LogP contribution in [0, 0.1) is 16.7 Å². The molecular formula is C85H192N14O. The van der Waals surface area contributed by atoms with E-state index in [9.17, 15) is 4.79 Å². The van der Waals surface area contributed by atoms with Crippen molar-refractivity contribution in [3.63, 3.8) is 0 Å². The number of pyridine rings is 1. The van der Waals surface area contributed by atoms with Gasteiger partial charge in [-0.2, -0.15) is 0 Å². The van der Waals surface area contributed by atoms with Gasteiger partial charge in [-0.25, -0.2) is 0 Å². The molecule has 1 aromatic rings. The quantitative estimate of drug-likeness (QED) is 0.150. The maximum absolute atomic E-state index is 11.1. The highest BCUT2D eigenvalue weighted by atomic mass is 16.1. The summed E-state index contributed by atoms with van der Waals surface area (Å²) >= 11 is 0. The van der Waals surface area contributed by atoms with Gasteiger partial charge >= 0.3 is 0 Å². The summed E-state index contributed by atoms with van der Waals surface area (Å²) in [5.41, 5.74) is 4.27. The van der Waals surface area contributed by atoms with E-state index < -0.39 is 0 Å². The number of aromatic nitrogens is 1. The van der Waals surface area contributed by atoms with Crippen LogP contribution in [-0.2, 0) is 4.79 Å². The van der Waals surface area contributed by atoms with Gasteiger partial charge in [-0.3, -0.25) is 24.7 Å². The SMILES string of the molecule is C.C.C.C.C.C.CC(=O)[C@@H]1CC(C(C)(C)C)CN1.CC(C)(C)C.CC(C)(C)N1C=NCC1.CC(C)(C)N1CCCCC1.CC(C)(C)N1CCCN2CCCN=C21.CCCNC(C)(C)C.CCCNCCNC(C)(C)C.CN(C)C(C)(C)C.CN(c1ccncc1)C(C)(C)C.CNC(C)(C)C. The number of anilines is 1. The minimum absolute atomic E-state index is 0. The van der Waals surface area contributed by atoms with E-state index in [1.165, 1.54) is 89.3 Å². The Morgan fingerprint density at radius 2 is 0.980 bits per heavy atom. The van der Waals surface area contributed by atoms with Gasteiger partial charge in [-0.05, 0) is 301 Å². The molecule has 5 aliphatic heterocycles. The highest BCUT2D eigenvalue weighted by Crippen LogP contribution is 2.33. The van der Waals surface area contributed by atoms with Crippen molar-refractivity contribution in [1.82, 2.24) is 56.1 Å². The summed E-state index contributed by atoms with van der Waals surface area (Å²) in [5, 5.41) is 16.5. The molecule has 1 aromatic heterocycles. The number of hydrogen-bond donors (Lipinski definition) is 5. The van der Waals surface area contributed by atoms with E-state index in [0.29, 0.717) is 38.9 Å². The lowest BCUT2D eigenvalue weighted by atomic mass is 9.79. The van der Waals surface area contributed by atoms with Gasteiger partial charge in [0.05, 0.1) is 18.9 Å². The van der Waals surface area contributed by atoms with Gasteiger partial charge in [-0.15, -0.1) is 0 Å². The molecule has 100 heavy (non-hydrogen) atoms. The van der Waals surface area contributed by atoms with Crippen molar-refractivity contribution in [3.05, 3.63) is 24.5 Å². The number of hydrogen-bond acceptors (Lipinski definition) is 15. The van der Waals surface area contributed by atoms with E-state index >= 15 is 0 Å². The van der Waals surface area contributed by atoms with Gasteiger partial charge < -0.3 is 51.1 Å². The van der Waals surface area contributed by atoms with Crippen LogP contribution in [0.3, 0.4) is 0 Å². The lowest BCUT2D eigenvalue weighted by Crippen LogP contribution is -2.58. The molecule has 6 heterocycles. The highest BCUT2D eigenvalue weighted by molar-refractivity contribution is 5.82. The molecule has 0 amide bonds. The largest absolute Gasteiger partial charge is 0.370 e. The van der Waals surface area contributed by atoms with Crippen LogP contribution in [0.1, 0.15) is 331 Å². The first-order chi connectivity index (χ1) is 42.3. The molecule has 6 rings (SSSR count). The van der Waals surface area contributed by atoms with E-state index in [2.05, 4.69) is 321 Å². The van der Waals surface area contributed by atoms with E-state index in [1.54, 1.807) is 6.92 Å². The lowest BCUT2D eigenvalue weighted by Gasteiger charge is -2.47. The van der Waals surface area contributed by atoms with E-state index in [1.807, 2.05) is 37.9 Å². The van der Waals surface area contributed by atoms with Crippen LogP contribution in [0.5, 0.6) is 0 Å². The topological polar surface area (TPSA) is 134 Å². The van der Waals surface area contributed by atoms with Crippen molar-refractivity contribution in [2.75, 3.05) is 118 Å². The summed E-state index contributed by atoms with van der Waals surface area (Å²) in [6.07, 6.45) is 15.8. The lowest BCUT2D eigenvalue weighted by molar-refractivity contribution is -0.118. The maximum atomic E-state index is 11.1. The van der Waals surface area contributed by atoms with Crippen molar-refractivity contribution in [2.24, 2.45) is 26.7 Å².